The third-order valence-corrected chi connectivity index (χ3v) is 5.45. The molecule has 1 aromatic heterocycles. The fourth-order valence-corrected chi connectivity index (χ4v) is 3.90. The number of rotatable bonds is 2. The number of hydrogen-bond donors (Lipinski definition) is 0. The van der Waals surface area contributed by atoms with Crippen molar-refractivity contribution in [2.24, 2.45) is 11.3 Å². The molecule has 1 aromatic carbocycles. The van der Waals surface area contributed by atoms with Crippen LogP contribution >= 0.6 is 0 Å². The van der Waals surface area contributed by atoms with Gasteiger partial charge in [0.05, 0.1) is 11.6 Å². The molecule has 0 atom stereocenters. The number of nitrogens with zero attached hydrogens (tertiary/aromatic N) is 1. The molecule has 0 spiro atoms. The van der Waals surface area contributed by atoms with Gasteiger partial charge in [0.25, 0.3) is 0 Å². The zero-order valence-electron chi connectivity index (χ0n) is 15.8. The molecule has 0 bridgehead atoms. The van der Waals surface area contributed by atoms with Gasteiger partial charge in [-0.05, 0) is 62.1 Å². The van der Waals surface area contributed by atoms with Gasteiger partial charge in [-0.2, -0.15) is 13.2 Å². The number of halogens is 3. The Morgan fingerprint density at radius 3 is 2.19 bits per heavy atom. The number of fused-ring (bicyclic) bond motifs is 1. The summed E-state index contributed by atoms with van der Waals surface area (Å²) in [6.07, 6.45) is -1.07. The van der Waals surface area contributed by atoms with E-state index in [-0.39, 0.29) is 22.7 Å². The average Bonchev–Trinajstić information content (AvgIpc) is 2.53. The molecule has 0 aliphatic heterocycles. The third kappa shape index (κ3) is 3.97. The van der Waals surface area contributed by atoms with Crippen molar-refractivity contribution in [3.8, 4) is 5.75 Å². The van der Waals surface area contributed by atoms with Crippen LogP contribution in [0.3, 0.4) is 0 Å². The first-order valence-corrected chi connectivity index (χ1v) is 9.20. The highest BCUT2D eigenvalue weighted by molar-refractivity contribution is 5.85. The molecule has 26 heavy (non-hydrogen) atoms. The number of aryl methyl sites for hydroxylation is 1. The largest absolute Gasteiger partial charge is 0.490 e. The lowest BCUT2D eigenvalue weighted by molar-refractivity contribution is -0.138. The summed E-state index contributed by atoms with van der Waals surface area (Å²) in [7, 11) is 0. The lowest BCUT2D eigenvalue weighted by Crippen LogP contribution is -2.31. The zero-order chi connectivity index (χ0) is 19.1. The molecule has 1 aliphatic rings. The van der Waals surface area contributed by atoms with E-state index in [1.165, 1.54) is 12.1 Å². The van der Waals surface area contributed by atoms with E-state index in [0.29, 0.717) is 17.1 Å². The molecule has 142 valence electrons. The fraction of sp³-hybridized carbons (Fsp3) is 0.571. The molecule has 0 radical (unpaired) electrons. The predicted octanol–water partition coefficient (Wildman–Crippen LogP) is 6.55. The van der Waals surface area contributed by atoms with Gasteiger partial charge in [-0.25, -0.2) is 0 Å². The first-order chi connectivity index (χ1) is 12.1. The van der Waals surface area contributed by atoms with Crippen LogP contribution < -0.4 is 4.74 Å². The zero-order valence-corrected chi connectivity index (χ0v) is 15.8. The maximum absolute atomic E-state index is 13.7. The van der Waals surface area contributed by atoms with Crippen molar-refractivity contribution in [2.45, 2.75) is 65.7 Å². The van der Waals surface area contributed by atoms with E-state index in [0.717, 1.165) is 25.7 Å². The van der Waals surface area contributed by atoms with Gasteiger partial charge in [-0.3, -0.25) is 4.98 Å². The van der Waals surface area contributed by atoms with E-state index in [1.807, 2.05) is 0 Å². The Hall–Kier alpha value is -1.78. The van der Waals surface area contributed by atoms with E-state index in [1.54, 1.807) is 19.1 Å². The molecule has 3 rings (SSSR count). The number of pyridine rings is 1. The Kier molecular flexibility index (Phi) is 4.93. The van der Waals surface area contributed by atoms with Gasteiger partial charge in [0.15, 0.2) is 0 Å². The average molecular weight is 365 g/mol. The standard InChI is InChI=1S/C21H26F3NO/c1-13-5-10-16-17(25-13)11-12-18(19(16)21(22,23)24)26-15-8-6-14(7-9-15)20(2,3)4/h5,10-12,14-15H,6-9H2,1-4H3. The van der Waals surface area contributed by atoms with Gasteiger partial charge in [-0.15, -0.1) is 0 Å². The lowest BCUT2D eigenvalue weighted by atomic mass is 9.72. The summed E-state index contributed by atoms with van der Waals surface area (Å²) in [6.45, 7) is 8.43. The molecular weight excluding hydrogens is 339 g/mol. The second-order valence-corrected chi connectivity index (χ2v) is 8.41. The molecule has 1 heterocycles. The van der Waals surface area contributed by atoms with E-state index < -0.39 is 11.7 Å². The van der Waals surface area contributed by atoms with Crippen LogP contribution in [0.15, 0.2) is 24.3 Å². The summed E-state index contributed by atoms with van der Waals surface area (Å²) >= 11 is 0. The van der Waals surface area contributed by atoms with Crippen LogP contribution in [-0.2, 0) is 6.18 Å². The van der Waals surface area contributed by atoms with Gasteiger partial charge in [0, 0.05) is 11.1 Å². The summed E-state index contributed by atoms with van der Waals surface area (Å²) in [5, 5.41) is 0.101. The van der Waals surface area contributed by atoms with Crippen molar-refractivity contribution in [1.82, 2.24) is 4.98 Å². The molecule has 1 saturated carbocycles. The van der Waals surface area contributed by atoms with E-state index in [2.05, 4.69) is 25.8 Å². The highest BCUT2D eigenvalue weighted by Crippen LogP contribution is 2.43. The predicted molar refractivity (Wildman–Crippen MR) is 97.3 cm³/mol. The molecular formula is C21H26F3NO. The molecule has 2 aromatic rings. The van der Waals surface area contributed by atoms with Crippen LogP contribution in [-0.4, -0.2) is 11.1 Å². The van der Waals surface area contributed by atoms with Crippen molar-refractivity contribution < 1.29 is 17.9 Å². The second-order valence-electron chi connectivity index (χ2n) is 8.41. The molecule has 2 nitrogen and oxygen atoms in total. The van der Waals surface area contributed by atoms with E-state index in [9.17, 15) is 13.2 Å². The van der Waals surface area contributed by atoms with Crippen LogP contribution in [0.1, 0.15) is 57.7 Å². The Morgan fingerprint density at radius 1 is 0.962 bits per heavy atom. The van der Waals surface area contributed by atoms with Crippen molar-refractivity contribution in [3.63, 3.8) is 0 Å². The molecule has 0 amide bonds. The third-order valence-electron chi connectivity index (χ3n) is 5.45. The number of hydrogen-bond acceptors (Lipinski definition) is 2. The Morgan fingerprint density at radius 2 is 1.62 bits per heavy atom. The maximum Gasteiger partial charge on any atom is 0.420 e. The molecule has 0 saturated heterocycles. The van der Waals surface area contributed by atoms with Crippen LogP contribution in [0.25, 0.3) is 10.9 Å². The second kappa shape index (κ2) is 6.75. The number of alkyl halides is 3. The molecule has 0 unspecified atom stereocenters. The van der Waals surface area contributed by atoms with Gasteiger partial charge in [0.1, 0.15) is 11.3 Å². The van der Waals surface area contributed by atoms with Crippen LogP contribution in [0.2, 0.25) is 0 Å². The number of aromatic nitrogens is 1. The first-order valence-electron chi connectivity index (χ1n) is 9.20. The van der Waals surface area contributed by atoms with E-state index >= 15 is 0 Å². The number of benzene rings is 1. The smallest absolute Gasteiger partial charge is 0.420 e. The highest BCUT2D eigenvalue weighted by atomic mass is 19.4. The Bertz CT molecular complexity index is 784. The normalized spacial score (nSPS) is 21.8. The van der Waals surface area contributed by atoms with Crippen molar-refractivity contribution in [3.05, 3.63) is 35.5 Å². The van der Waals surface area contributed by atoms with Crippen molar-refractivity contribution >= 4 is 10.9 Å². The topological polar surface area (TPSA) is 22.1 Å². The molecule has 5 heteroatoms. The summed E-state index contributed by atoms with van der Waals surface area (Å²) in [6, 6.07) is 6.14. The maximum atomic E-state index is 13.7. The minimum absolute atomic E-state index is 0.0742. The van der Waals surface area contributed by atoms with E-state index in [4.69, 9.17) is 4.74 Å². The molecule has 1 fully saturated rings. The van der Waals surface area contributed by atoms with Crippen molar-refractivity contribution in [1.29, 1.82) is 0 Å². The van der Waals surface area contributed by atoms with Gasteiger partial charge >= 0.3 is 6.18 Å². The summed E-state index contributed by atoms with van der Waals surface area (Å²) in [4.78, 5) is 4.22. The first kappa shape index (κ1) is 19.0. The molecule has 1 aliphatic carbocycles. The monoisotopic (exact) mass is 365 g/mol. The van der Waals surface area contributed by atoms with Gasteiger partial charge in [0.2, 0.25) is 0 Å². The lowest BCUT2D eigenvalue weighted by Gasteiger charge is -2.37. The quantitative estimate of drug-likeness (QED) is 0.602. The summed E-state index contributed by atoms with van der Waals surface area (Å²) < 4.78 is 47.1. The number of ether oxygens (including phenoxy) is 1. The SMILES string of the molecule is Cc1ccc2c(C(F)(F)F)c(OC3CCC(C(C)(C)C)CC3)ccc2n1. The van der Waals surface area contributed by atoms with Gasteiger partial charge < -0.3 is 4.74 Å². The highest BCUT2D eigenvalue weighted by Gasteiger charge is 2.38. The fourth-order valence-electron chi connectivity index (χ4n) is 3.90. The van der Waals surface area contributed by atoms with Crippen LogP contribution in [0, 0.1) is 18.3 Å². The van der Waals surface area contributed by atoms with Crippen molar-refractivity contribution in [2.75, 3.05) is 0 Å². The Balaban J connectivity index is 1.88. The minimum Gasteiger partial charge on any atom is -0.490 e. The summed E-state index contributed by atoms with van der Waals surface area (Å²) in [5.74, 6) is 0.517. The van der Waals surface area contributed by atoms with Gasteiger partial charge in [-0.1, -0.05) is 26.8 Å². The van der Waals surface area contributed by atoms with Crippen LogP contribution in [0.5, 0.6) is 5.75 Å². The molecule has 0 N–H and O–H groups in total. The van der Waals surface area contributed by atoms with Crippen LogP contribution in [0.4, 0.5) is 13.2 Å². The summed E-state index contributed by atoms with van der Waals surface area (Å²) in [5.41, 5.74) is 0.565. The Labute approximate surface area is 152 Å². The minimum atomic E-state index is -4.48.